The number of amides is 1. The SMILES string of the molecule is CN(C)c1ncccc1CNC(=O)[C@H]1CNC[C@@H]1c1cnn(C)c1.Cl.Cl. The van der Waals surface area contributed by atoms with Crippen LogP contribution in [-0.4, -0.2) is 47.9 Å². The second-order valence-electron chi connectivity index (χ2n) is 6.42. The molecule has 0 aromatic carbocycles. The fraction of sp³-hybridized carbons (Fsp3) is 0.471. The Bertz CT molecular complexity index is 721. The molecule has 1 saturated heterocycles. The van der Waals surface area contributed by atoms with E-state index in [1.807, 2.05) is 50.6 Å². The van der Waals surface area contributed by atoms with Gasteiger partial charge in [-0.25, -0.2) is 4.98 Å². The van der Waals surface area contributed by atoms with Crippen LogP contribution in [0.2, 0.25) is 0 Å². The second-order valence-corrected chi connectivity index (χ2v) is 6.42. The van der Waals surface area contributed by atoms with Gasteiger partial charge in [0, 0.05) is 64.7 Å². The number of anilines is 1. The molecule has 0 spiro atoms. The van der Waals surface area contributed by atoms with E-state index in [2.05, 4.69) is 20.7 Å². The van der Waals surface area contributed by atoms with E-state index in [0.29, 0.717) is 13.1 Å². The average molecular weight is 401 g/mol. The molecule has 9 heteroatoms. The third kappa shape index (κ3) is 4.87. The van der Waals surface area contributed by atoms with Crippen LogP contribution < -0.4 is 15.5 Å². The first-order valence-corrected chi connectivity index (χ1v) is 8.14. The molecule has 0 radical (unpaired) electrons. The van der Waals surface area contributed by atoms with Crippen LogP contribution in [0.1, 0.15) is 17.0 Å². The smallest absolute Gasteiger partial charge is 0.225 e. The van der Waals surface area contributed by atoms with E-state index in [-0.39, 0.29) is 42.6 Å². The highest BCUT2D eigenvalue weighted by molar-refractivity contribution is 5.85. The van der Waals surface area contributed by atoms with Gasteiger partial charge in [-0.05, 0) is 11.6 Å². The van der Waals surface area contributed by atoms with E-state index in [1.54, 1.807) is 10.9 Å². The normalized spacial score (nSPS) is 18.6. The van der Waals surface area contributed by atoms with Crippen LogP contribution in [0.5, 0.6) is 0 Å². The van der Waals surface area contributed by atoms with Crippen LogP contribution in [0.3, 0.4) is 0 Å². The van der Waals surface area contributed by atoms with Crippen molar-refractivity contribution < 1.29 is 4.79 Å². The van der Waals surface area contributed by atoms with Gasteiger partial charge in [0.15, 0.2) is 0 Å². The zero-order valence-corrected chi connectivity index (χ0v) is 16.8. The fourth-order valence-electron chi connectivity index (χ4n) is 3.22. The Kier molecular flexibility index (Phi) is 8.33. The van der Waals surface area contributed by atoms with Crippen LogP contribution in [0.15, 0.2) is 30.7 Å². The number of aryl methyl sites for hydroxylation is 1. The summed E-state index contributed by atoms with van der Waals surface area (Å²) in [5.41, 5.74) is 2.12. The van der Waals surface area contributed by atoms with Crippen molar-refractivity contribution in [2.24, 2.45) is 13.0 Å². The molecule has 3 heterocycles. The van der Waals surface area contributed by atoms with E-state index in [4.69, 9.17) is 0 Å². The number of rotatable bonds is 5. The summed E-state index contributed by atoms with van der Waals surface area (Å²) >= 11 is 0. The van der Waals surface area contributed by atoms with Gasteiger partial charge in [0.1, 0.15) is 5.82 Å². The lowest BCUT2D eigenvalue weighted by Gasteiger charge is -2.19. The number of aromatic nitrogens is 3. The van der Waals surface area contributed by atoms with Gasteiger partial charge in [0.25, 0.3) is 0 Å². The molecule has 0 saturated carbocycles. The van der Waals surface area contributed by atoms with Crippen LogP contribution in [0.4, 0.5) is 5.82 Å². The molecule has 2 aromatic rings. The topological polar surface area (TPSA) is 75.1 Å². The summed E-state index contributed by atoms with van der Waals surface area (Å²) in [6.07, 6.45) is 5.60. The monoisotopic (exact) mass is 400 g/mol. The number of nitrogens with one attached hydrogen (secondary N) is 2. The highest BCUT2D eigenvalue weighted by Crippen LogP contribution is 2.28. The molecule has 0 unspecified atom stereocenters. The Morgan fingerprint density at radius 3 is 2.81 bits per heavy atom. The van der Waals surface area contributed by atoms with Gasteiger partial charge in [0.2, 0.25) is 5.91 Å². The summed E-state index contributed by atoms with van der Waals surface area (Å²) in [5, 5.41) is 10.6. The Hall–Kier alpha value is -1.83. The molecule has 0 aliphatic carbocycles. The highest BCUT2D eigenvalue weighted by Gasteiger charge is 2.34. The van der Waals surface area contributed by atoms with Crippen molar-refractivity contribution in [3.05, 3.63) is 41.9 Å². The van der Waals surface area contributed by atoms with Crippen molar-refractivity contribution in [1.82, 2.24) is 25.4 Å². The Morgan fingerprint density at radius 1 is 1.38 bits per heavy atom. The van der Waals surface area contributed by atoms with E-state index in [0.717, 1.165) is 23.5 Å². The molecule has 1 aliphatic heterocycles. The number of halogens is 2. The van der Waals surface area contributed by atoms with Gasteiger partial charge >= 0.3 is 0 Å². The summed E-state index contributed by atoms with van der Waals surface area (Å²) in [6, 6.07) is 3.89. The maximum atomic E-state index is 12.7. The fourth-order valence-corrected chi connectivity index (χ4v) is 3.22. The molecule has 1 fully saturated rings. The molecule has 1 amide bonds. The molecular weight excluding hydrogens is 375 g/mol. The van der Waals surface area contributed by atoms with Gasteiger partial charge in [-0.15, -0.1) is 24.8 Å². The lowest BCUT2D eigenvalue weighted by atomic mass is 9.90. The lowest BCUT2D eigenvalue weighted by molar-refractivity contribution is -0.125. The maximum Gasteiger partial charge on any atom is 0.225 e. The van der Waals surface area contributed by atoms with Crippen LogP contribution in [0, 0.1) is 5.92 Å². The maximum absolute atomic E-state index is 12.7. The molecular formula is C17H26Cl2N6O. The summed E-state index contributed by atoms with van der Waals surface area (Å²) in [5.74, 6) is 1.04. The largest absolute Gasteiger partial charge is 0.362 e. The first kappa shape index (κ1) is 22.2. The van der Waals surface area contributed by atoms with Gasteiger partial charge in [-0.3, -0.25) is 9.48 Å². The first-order chi connectivity index (χ1) is 11.6. The molecule has 2 aromatic heterocycles. The Labute approximate surface area is 166 Å². The predicted molar refractivity (Wildman–Crippen MR) is 107 cm³/mol. The van der Waals surface area contributed by atoms with Gasteiger partial charge in [0.05, 0.1) is 12.1 Å². The van der Waals surface area contributed by atoms with Crippen molar-refractivity contribution >= 4 is 36.5 Å². The second kappa shape index (κ2) is 9.75. The Morgan fingerprint density at radius 2 is 2.15 bits per heavy atom. The standard InChI is InChI=1S/C17H24N6O.2ClH/c1-22(2)16-12(5-4-6-19-16)7-20-17(24)15-10-18-9-14(15)13-8-21-23(3)11-13;;/h4-6,8,11,14-15,18H,7,9-10H2,1-3H3,(H,20,24);2*1H/t14-,15+;;/m1../s1. The van der Waals surface area contributed by atoms with E-state index in [9.17, 15) is 4.79 Å². The van der Waals surface area contributed by atoms with E-state index < -0.39 is 0 Å². The van der Waals surface area contributed by atoms with Crippen LogP contribution in [-0.2, 0) is 18.4 Å². The average Bonchev–Trinajstić information content (AvgIpc) is 3.21. The molecule has 0 bridgehead atoms. The van der Waals surface area contributed by atoms with Crippen molar-refractivity contribution in [2.75, 3.05) is 32.1 Å². The third-order valence-electron chi connectivity index (χ3n) is 4.45. The molecule has 2 atom stereocenters. The zero-order valence-electron chi connectivity index (χ0n) is 15.2. The van der Waals surface area contributed by atoms with Crippen LogP contribution in [0.25, 0.3) is 0 Å². The number of hydrogen-bond donors (Lipinski definition) is 2. The lowest BCUT2D eigenvalue weighted by Crippen LogP contribution is -2.34. The summed E-state index contributed by atoms with van der Waals surface area (Å²) in [7, 11) is 5.80. The van der Waals surface area contributed by atoms with E-state index >= 15 is 0 Å². The van der Waals surface area contributed by atoms with E-state index in [1.165, 1.54) is 0 Å². The highest BCUT2D eigenvalue weighted by atomic mass is 35.5. The Balaban J connectivity index is 0.00000169. The number of pyridine rings is 1. The van der Waals surface area contributed by atoms with Gasteiger partial charge < -0.3 is 15.5 Å². The number of carbonyl (C=O) groups excluding carboxylic acids is 1. The van der Waals surface area contributed by atoms with Crippen molar-refractivity contribution in [2.45, 2.75) is 12.5 Å². The quantitative estimate of drug-likeness (QED) is 0.791. The molecule has 144 valence electrons. The first-order valence-electron chi connectivity index (χ1n) is 8.14. The molecule has 2 N–H and O–H groups in total. The number of hydrogen-bond acceptors (Lipinski definition) is 5. The summed E-state index contributed by atoms with van der Waals surface area (Å²) in [4.78, 5) is 19.0. The minimum atomic E-state index is -0.0753. The summed E-state index contributed by atoms with van der Waals surface area (Å²) < 4.78 is 1.78. The number of carbonyl (C=O) groups is 1. The minimum absolute atomic E-state index is 0. The molecule has 3 rings (SSSR count). The zero-order chi connectivity index (χ0) is 17.1. The van der Waals surface area contributed by atoms with Crippen molar-refractivity contribution in [3.8, 4) is 0 Å². The third-order valence-corrected chi connectivity index (χ3v) is 4.45. The van der Waals surface area contributed by atoms with Crippen molar-refractivity contribution in [1.29, 1.82) is 0 Å². The number of nitrogens with zero attached hydrogens (tertiary/aromatic N) is 4. The summed E-state index contributed by atoms with van der Waals surface area (Å²) in [6.45, 7) is 1.98. The predicted octanol–water partition coefficient (Wildman–Crippen LogP) is 1.34. The van der Waals surface area contributed by atoms with Gasteiger partial charge in [-0.1, -0.05) is 6.07 Å². The van der Waals surface area contributed by atoms with Crippen LogP contribution >= 0.6 is 24.8 Å². The molecule has 1 aliphatic rings. The molecule has 26 heavy (non-hydrogen) atoms. The minimum Gasteiger partial charge on any atom is -0.362 e. The van der Waals surface area contributed by atoms with Crippen molar-refractivity contribution in [3.63, 3.8) is 0 Å². The van der Waals surface area contributed by atoms with Gasteiger partial charge in [-0.2, -0.15) is 5.10 Å². The molecule has 7 nitrogen and oxygen atoms in total.